The zero-order valence-electron chi connectivity index (χ0n) is 15.6. The van der Waals surface area contributed by atoms with Crippen molar-refractivity contribution in [3.8, 4) is 0 Å². The molecular weight excluding hydrogens is 362 g/mol. The third-order valence-electron chi connectivity index (χ3n) is 5.50. The summed E-state index contributed by atoms with van der Waals surface area (Å²) in [5, 5.41) is 0.721. The Labute approximate surface area is 165 Å². The average molecular weight is 388 g/mol. The van der Waals surface area contributed by atoms with E-state index in [0.29, 0.717) is 18.9 Å². The van der Waals surface area contributed by atoms with Gasteiger partial charge in [-0.2, -0.15) is 0 Å². The number of piperidine rings is 1. The van der Waals surface area contributed by atoms with Crippen molar-refractivity contribution in [2.45, 2.75) is 44.6 Å². The number of likely N-dealkylation sites (tertiary alicyclic amines) is 2. The van der Waals surface area contributed by atoms with Gasteiger partial charge in [0.2, 0.25) is 11.8 Å². The van der Waals surface area contributed by atoms with Gasteiger partial charge in [-0.1, -0.05) is 23.7 Å². The fourth-order valence-corrected chi connectivity index (χ4v) is 4.33. The van der Waals surface area contributed by atoms with E-state index in [1.165, 1.54) is 12.8 Å². The molecule has 2 aromatic rings. The number of halogens is 1. The van der Waals surface area contributed by atoms with E-state index in [2.05, 4.69) is 9.88 Å². The van der Waals surface area contributed by atoms with Crippen molar-refractivity contribution in [2.75, 3.05) is 26.2 Å². The van der Waals surface area contributed by atoms with Crippen LogP contribution in [-0.2, 0) is 11.2 Å². The molecular formula is C21H26ClN3O2. The third kappa shape index (κ3) is 4.53. The maximum absolute atomic E-state index is 12.9. The summed E-state index contributed by atoms with van der Waals surface area (Å²) in [5.74, 6) is 1.68. The lowest BCUT2D eigenvalue weighted by molar-refractivity contribution is -0.136. The molecule has 2 saturated heterocycles. The fourth-order valence-electron chi connectivity index (χ4n) is 4.12. The van der Waals surface area contributed by atoms with E-state index in [9.17, 15) is 4.79 Å². The molecule has 1 aromatic heterocycles. The quantitative estimate of drug-likeness (QED) is 0.776. The highest BCUT2D eigenvalue weighted by Gasteiger charge is 2.32. The summed E-state index contributed by atoms with van der Waals surface area (Å²) >= 11 is 6.07. The predicted octanol–water partition coefficient (Wildman–Crippen LogP) is 4.07. The van der Waals surface area contributed by atoms with Gasteiger partial charge in [0.1, 0.15) is 11.8 Å². The molecule has 5 nitrogen and oxygen atoms in total. The number of amides is 1. The molecule has 0 bridgehead atoms. The summed E-state index contributed by atoms with van der Waals surface area (Å²) in [6.45, 7) is 3.38. The van der Waals surface area contributed by atoms with Gasteiger partial charge in [-0.15, -0.1) is 0 Å². The second kappa shape index (κ2) is 8.44. The van der Waals surface area contributed by atoms with Crippen molar-refractivity contribution >= 4 is 17.5 Å². The largest absolute Gasteiger partial charge is 0.443 e. The summed E-state index contributed by atoms with van der Waals surface area (Å²) in [6.07, 6.45) is 7.91. The third-order valence-corrected chi connectivity index (χ3v) is 5.74. The fraction of sp³-hybridized carbons (Fsp3) is 0.524. The molecule has 1 aromatic carbocycles. The molecule has 0 saturated carbocycles. The summed E-state index contributed by atoms with van der Waals surface area (Å²) in [4.78, 5) is 21.6. The highest BCUT2D eigenvalue weighted by atomic mass is 35.5. The number of benzene rings is 1. The monoisotopic (exact) mass is 387 g/mol. The first-order valence-corrected chi connectivity index (χ1v) is 10.3. The Bertz CT molecular complexity index is 785. The summed E-state index contributed by atoms with van der Waals surface area (Å²) < 4.78 is 6.06. The van der Waals surface area contributed by atoms with Crippen LogP contribution in [0, 0.1) is 0 Å². The number of carbonyl (C=O) groups is 1. The topological polar surface area (TPSA) is 49.6 Å². The zero-order valence-corrected chi connectivity index (χ0v) is 16.3. The molecule has 27 heavy (non-hydrogen) atoms. The molecule has 0 spiro atoms. The molecule has 1 atom stereocenters. The number of hydrogen-bond acceptors (Lipinski definition) is 4. The van der Waals surface area contributed by atoms with Crippen LogP contribution in [0.1, 0.15) is 55.4 Å². The Morgan fingerprint density at radius 1 is 1.19 bits per heavy atom. The molecule has 6 heteroatoms. The molecule has 3 heterocycles. The van der Waals surface area contributed by atoms with Gasteiger partial charge in [-0.05, 0) is 62.9 Å². The highest BCUT2D eigenvalue weighted by molar-refractivity contribution is 6.30. The lowest BCUT2D eigenvalue weighted by Gasteiger charge is -2.34. The Morgan fingerprint density at radius 3 is 2.81 bits per heavy atom. The predicted molar refractivity (Wildman–Crippen MR) is 105 cm³/mol. The maximum atomic E-state index is 12.9. The number of hydrogen-bond donors (Lipinski definition) is 0. The Morgan fingerprint density at radius 2 is 2.00 bits per heavy atom. The standard InChI is InChI=1S/C21H26ClN3O2/c22-17-7-5-6-16(12-17)13-18-14-23-21(27-18)19-8-1-2-11-25(19)20(26)15-24-9-3-4-10-24/h5-7,12,14,19H,1-4,8-11,13,15H2/t19-/m1/s1. The number of aromatic nitrogens is 1. The van der Waals surface area contributed by atoms with Crippen LogP contribution in [0.4, 0.5) is 0 Å². The molecule has 2 aliphatic rings. The van der Waals surface area contributed by atoms with Gasteiger partial charge in [0.05, 0.1) is 12.7 Å². The van der Waals surface area contributed by atoms with E-state index in [1.54, 1.807) is 6.20 Å². The van der Waals surface area contributed by atoms with Crippen molar-refractivity contribution in [1.82, 2.24) is 14.8 Å². The van der Waals surface area contributed by atoms with Gasteiger partial charge in [-0.25, -0.2) is 4.98 Å². The minimum atomic E-state index is -0.0398. The SMILES string of the molecule is O=C(CN1CCCC1)N1CCCC[C@@H]1c1ncc(Cc2cccc(Cl)c2)o1. The number of nitrogens with zero attached hydrogens (tertiary/aromatic N) is 3. The second-order valence-electron chi connectivity index (χ2n) is 7.55. The van der Waals surface area contributed by atoms with Crippen molar-refractivity contribution in [3.63, 3.8) is 0 Å². The molecule has 0 aliphatic carbocycles. The van der Waals surface area contributed by atoms with Crippen LogP contribution in [-0.4, -0.2) is 46.9 Å². The van der Waals surface area contributed by atoms with Crippen LogP contribution in [0.5, 0.6) is 0 Å². The zero-order chi connectivity index (χ0) is 18.6. The number of carbonyl (C=O) groups excluding carboxylic acids is 1. The minimum absolute atomic E-state index is 0.0398. The van der Waals surface area contributed by atoms with Crippen LogP contribution < -0.4 is 0 Å². The van der Waals surface area contributed by atoms with E-state index < -0.39 is 0 Å². The van der Waals surface area contributed by atoms with E-state index in [4.69, 9.17) is 16.0 Å². The van der Waals surface area contributed by atoms with Gasteiger partial charge in [0.25, 0.3) is 0 Å². The molecule has 144 valence electrons. The smallest absolute Gasteiger partial charge is 0.237 e. The van der Waals surface area contributed by atoms with Crippen molar-refractivity contribution in [2.24, 2.45) is 0 Å². The average Bonchev–Trinajstić information content (AvgIpc) is 3.34. The molecule has 0 unspecified atom stereocenters. The molecule has 2 fully saturated rings. The van der Waals surface area contributed by atoms with Gasteiger partial charge < -0.3 is 9.32 Å². The maximum Gasteiger partial charge on any atom is 0.237 e. The lowest BCUT2D eigenvalue weighted by Crippen LogP contribution is -2.43. The molecule has 0 radical (unpaired) electrons. The first-order chi connectivity index (χ1) is 13.2. The van der Waals surface area contributed by atoms with Crippen LogP contribution in [0.2, 0.25) is 5.02 Å². The Balaban J connectivity index is 1.45. The second-order valence-corrected chi connectivity index (χ2v) is 7.99. The van der Waals surface area contributed by atoms with Gasteiger partial charge in [-0.3, -0.25) is 9.69 Å². The van der Waals surface area contributed by atoms with Crippen LogP contribution in [0.3, 0.4) is 0 Å². The first kappa shape index (κ1) is 18.5. The lowest BCUT2D eigenvalue weighted by atomic mass is 10.0. The van der Waals surface area contributed by atoms with Gasteiger partial charge in [0, 0.05) is 18.0 Å². The summed E-state index contributed by atoms with van der Waals surface area (Å²) in [7, 11) is 0. The minimum Gasteiger partial charge on any atom is -0.443 e. The molecule has 2 aliphatic heterocycles. The molecule has 4 rings (SSSR count). The van der Waals surface area contributed by atoms with E-state index >= 15 is 0 Å². The van der Waals surface area contributed by atoms with E-state index in [0.717, 1.165) is 55.2 Å². The number of rotatable bonds is 5. The van der Waals surface area contributed by atoms with Gasteiger partial charge >= 0.3 is 0 Å². The number of oxazole rings is 1. The summed E-state index contributed by atoms with van der Waals surface area (Å²) in [5.41, 5.74) is 1.09. The van der Waals surface area contributed by atoms with Crippen molar-refractivity contribution in [3.05, 3.63) is 52.7 Å². The molecule has 0 N–H and O–H groups in total. The van der Waals surface area contributed by atoms with Crippen LogP contribution >= 0.6 is 11.6 Å². The van der Waals surface area contributed by atoms with Gasteiger partial charge in [0.15, 0.2) is 0 Å². The molecule has 1 amide bonds. The highest BCUT2D eigenvalue weighted by Crippen LogP contribution is 2.31. The Hall–Kier alpha value is -1.85. The summed E-state index contributed by atoms with van der Waals surface area (Å²) in [6, 6.07) is 7.73. The van der Waals surface area contributed by atoms with Crippen LogP contribution in [0.15, 0.2) is 34.9 Å². The van der Waals surface area contributed by atoms with Crippen molar-refractivity contribution in [1.29, 1.82) is 0 Å². The van der Waals surface area contributed by atoms with E-state index in [-0.39, 0.29) is 11.9 Å². The normalized spacial score (nSPS) is 20.9. The van der Waals surface area contributed by atoms with E-state index in [1.807, 2.05) is 29.2 Å². The van der Waals surface area contributed by atoms with Crippen molar-refractivity contribution < 1.29 is 9.21 Å². The van der Waals surface area contributed by atoms with Crippen LogP contribution in [0.25, 0.3) is 0 Å². The first-order valence-electron chi connectivity index (χ1n) is 9.90. The Kier molecular flexibility index (Phi) is 5.79.